The molecule has 0 heterocycles. The molecule has 8 heteroatoms. The maximum Gasteiger partial charge on any atom is 0.126 e. The third-order valence-electron chi connectivity index (χ3n) is 6.34. The number of rotatable bonds is 7. The average molecular weight is 488 g/mol. The zero-order chi connectivity index (χ0) is 26.0. The first-order valence-corrected chi connectivity index (χ1v) is 11.2. The molecule has 184 valence electrons. The van der Waals surface area contributed by atoms with Gasteiger partial charge < -0.3 is 30.6 Å². The molecule has 0 radical (unpaired) electrons. The highest BCUT2D eigenvalue weighted by atomic mass is 16.3. The number of phenolic OH excluding ortho intramolecular Hbond substituents is 6. The van der Waals surface area contributed by atoms with Crippen molar-refractivity contribution < 1.29 is 30.6 Å². The molecule has 0 amide bonds. The van der Waals surface area contributed by atoms with E-state index in [1.807, 2.05) is 6.92 Å². The lowest BCUT2D eigenvalue weighted by Gasteiger charge is -2.16. The second kappa shape index (κ2) is 9.87. The van der Waals surface area contributed by atoms with E-state index in [9.17, 15) is 35.5 Å². The Morgan fingerprint density at radius 2 is 1.19 bits per heavy atom. The van der Waals surface area contributed by atoms with Gasteiger partial charge in [-0.25, -0.2) is 0 Å². The first kappa shape index (κ1) is 24.4. The Morgan fingerprint density at radius 1 is 0.611 bits per heavy atom. The van der Waals surface area contributed by atoms with Crippen LogP contribution in [0.2, 0.25) is 0 Å². The van der Waals surface area contributed by atoms with Crippen LogP contribution in [0.3, 0.4) is 0 Å². The van der Waals surface area contributed by atoms with Gasteiger partial charge in [-0.3, -0.25) is 0 Å². The van der Waals surface area contributed by atoms with Gasteiger partial charge in [0.2, 0.25) is 0 Å². The van der Waals surface area contributed by atoms with Crippen molar-refractivity contribution in [1.82, 2.24) is 0 Å². The Kier molecular flexibility index (Phi) is 6.69. The van der Waals surface area contributed by atoms with Crippen LogP contribution >= 0.6 is 0 Å². The van der Waals surface area contributed by atoms with Gasteiger partial charge in [0.15, 0.2) is 0 Å². The van der Waals surface area contributed by atoms with Gasteiger partial charge in [0.1, 0.15) is 40.2 Å². The molecule has 0 fully saturated rings. The van der Waals surface area contributed by atoms with E-state index >= 15 is 0 Å². The Balaban J connectivity index is 1.69. The Bertz CT molecular complexity index is 1460. The molecule has 8 nitrogen and oxygen atoms in total. The quantitative estimate of drug-likeness (QED) is 0.191. The molecule has 4 aromatic carbocycles. The molecule has 0 bridgehead atoms. The minimum atomic E-state index is -0.229. The largest absolute Gasteiger partial charge is 0.508 e. The fourth-order valence-electron chi connectivity index (χ4n) is 4.25. The molecule has 0 saturated heterocycles. The number of nitrogens with zero attached hydrogens (tertiary/aromatic N) is 1. The van der Waals surface area contributed by atoms with Gasteiger partial charge in [-0.15, -0.1) is 4.91 Å². The van der Waals surface area contributed by atoms with Gasteiger partial charge in [-0.2, -0.15) is 0 Å². The van der Waals surface area contributed by atoms with Crippen LogP contribution in [0.5, 0.6) is 34.5 Å². The highest BCUT2D eigenvalue weighted by Gasteiger charge is 2.20. The summed E-state index contributed by atoms with van der Waals surface area (Å²) in [6.07, 6.45) is 0.189. The number of aromatic hydroxyl groups is 6. The summed E-state index contributed by atoms with van der Waals surface area (Å²) < 4.78 is 0. The summed E-state index contributed by atoms with van der Waals surface area (Å²) in [7, 11) is 0. The molecule has 0 aliphatic carbocycles. The summed E-state index contributed by atoms with van der Waals surface area (Å²) in [6, 6.07) is 15.0. The third-order valence-corrected chi connectivity index (χ3v) is 6.34. The number of aryl methyl sites for hydroxylation is 1. The van der Waals surface area contributed by atoms with Crippen LogP contribution in [0.4, 0.5) is 5.69 Å². The predicted molar refractivity (Wildman–Crippen MR) is 134 cm³/mol. The van der Waals surface area contributed by atoms with Crippen molar-refractivity contribution in [3.63, 3.8) is 0 Å². The van der Waals surface area contributed by atoms with E-state index in [1.54, 1.807) is 18.2 Å². The smallest absolute Gasteiger partial charge is 0.126 e. The van der Waals surface area contributed by atoms with Gasteiger partial charge in [-0.05, 0) is 58.6 Å². The molecular weight excluding hydrogens is 462 g/mol. The van der Waals surface area contributed by atoms with Crippen molar-refractivity contribution >= 4 is 5.69 Å². The number of benzene rings is 4. The highest BCUT2D eigenvalue weighted by molar-refractivity contribution is 5.59. The molecule has 0 aliphatic rings. The zero-order valence-electron chi connectivity index (χ0n) is 19.4. The molecule has 0 spiro atoms. The summed E-state index contributed by atoms with van der Waals surface area (Å²) in [5, 5.41) is 65.4. The molecule has 6 N–H and O–H groups in total. The summed E-state index contributed by atoms with van der Waals surface area (Å²) >= 11 is 0. The van der Waals surface area contributed by atoms with Crippen molar-refractivity contribution in [2.24, 2.45) is 5.18 Å². The number of nitroso groups, excluding NO2 is 1. The molecule has 0 aromatic heterocycles. The van der Waals surface area contributed by atoms with Crippen molar-refractivity contribution in [2.75, 3.05) is 0 Å². The van der Waals surface area contributed by atoms with Crippen molar-refractivity contribution in [3.8, 4) is 34.5 Å². The van der Waals surface area contributed by atoms with E-state index in [0.717, 1.165) is 5.56 Å². The van der Waals surface area contributed by atoms with Crippen LogP contribution < -0.4 is 0 Å². The van der Waals surface area contributed by atoms with Crippen LogP contribution in [0.25, 0.3) is 0 Å². The van der Waals surface area contributed by atoms with Crippen molar-refractivity contribution in [3.05, 3.63) is 105 Å². The van der Waals surface area contributed by atoms with Crippen LogP contribution in [0.15, 0.2) is 65.8 Å². The highest BCUT2D eigenvalue weighted by Crippen LogP contribution is 2.39. The van der Waals surface area contributed by atoms with Crippen molar-refractivity contribution in [1.29, 1.82) is 0 Å². The summed E-state index contributed by atoms with van der Waals surface area (Å²) in [6.45, 7) is 1.82. The summed E-state index contributed by atoms with van der Waals surface area (Å²) in [5.74, 6) is -0.765. The third kappa shape index (κ3) is 4.74. The van der Waals surface area contributed by atoms with E-state index in [1.165, 1.54) is 42.5 Å². The minimum Gasteiger partial charge on any atom is -0.508 e. The molecule has 0 aliphatic heterocycles. The average Bonchev–Trinajstić information content (AvgIpc) is 2.84. The Morgan fingerprint density at radius 3 is 1.89 bits per heavy atom. The summed E-state index contributed by atoms with van der Waals surface area (Å²) in [4.78, 5) is 11.2. The maximum atomic E-state index is 11.2. The summed E-state index contributed by atoms with van der Waals surface area (Å²) in [5.41, 5.74) is 3.10. The van der Waals surface area contributed by atoms with Crippen LogP contribution in [0, 0.1) is 11.8 Å². The predicted octanol–water partition coefficient (Wildman–Crippen LogP) is 5.40. The Hall–Kier alpha value is -4.72. The molecule has 4 aromatic rings. The fraction of sp³-hybridized carbons (Fsp3) is 0.143. The molecule has 36 heavy (non-hydrogen) atoms. The zero-order valence-corrected chi connectivity index (χ0v) is 19.4. The van der Waals surface area contributed by atoms with E-state index < -0.39 is 0 Å². The minimum absolute atomic E-state index is 0.00187. The number of hydrogen-bond donors (Lipinski definition) is 6. The van der Waals surface area contributed by atoms with Crippen LogP contribution in [-0.2, 0) is 19.3 Å². The van der Waals surface area contributed by atoms with E-state index in [2.05, 4.69) is 5.18 Å². The molecule has 0 saturated carbocycles. The van der Waals surface area contributed by atoms with Gasteiger partial charge >= 0.3 is 0 Å². The molecule has 4 rings (SSSR count). The lowest BCUT2D eigenvalue weighted by Crippen LogP contribution is -2.00. The fourth-order valence-corrected chi connectivity index (χ4v) is 4.25. The first-order chi connectivity index (χ1) is 17.2. The SMILES string of the molecule is Cc1ccc(Cc2c(O)ccc(Cc3c(O)cccc3N=O)c2O)c(O)c1Cc1ccc(O)cc1O. The molecular formula is C28H25NO7. The van der Waals surface area contributed by atoms with Gasteiger partial charge in [0.25, 0.3) is 0 Å². The van der Waals surface area contributed by atoms with E-state index in [0.29, 0.717) is 22.3 Å². The maximum absolute atomic E-state index is 11.2. The molecule has 0 atom stereocenters. The van der Waals surface area contributed by atoms with E-state index in [4.69, 9.17) is 0 Å². The molecule has 0 unspecified atom stereocenters. The number of phenols is 6. The van der Waals surface area contributed by atoms with Crippen molar-refractivity contribution in [2.45, 2.75) is 26.2 Å². The monoisotopic (exact) mass is 487 g/mol. The number of hydrogen-bond acceptors (Lipinski definition) is 8. The second-order valence-electron chi connectivity index (χ2n) is 8.65. The van der Waals surface area contributed by atoms with Crippen LogP contribution in [0.1, 0.15) is 38.9 Å². The lowest BCUT2D eigenvalue weighted by atomic mass is 9.92. The normalized spacial score (nSPS) is 10.9. The second-order valence-corrected chi connectivity index (χ2v) is 8.65. The van der Waals surface area contributed by atoms with Gasteiger partial charge in [0.05, 0.1) is 0 Å². The van der Waals surface area contributed by atoms with Gasteiger partial charge in [0, 0.05) is 42.0 Å². The van der Waals surface area contributed by atoms with Gasteiger partial charge in [-0.1, -0.05) is 30.3 Å². The standard InChI is InChI=1S/C28H25NO7/c1-15-5-6-17(27(34)20(15)11-16-7-9-19(30)14-26(16)33)13-22-25(32)10-8-18(28(22)35)12-21-23(29-36)3-2-4-24(21)31/h2-10,14,30-35H,11-13H2,1H3. The topological polar surface area (TPSA) is 151 Å². The first-order valence-electron chi connectivity index (χ1n) is 11.2. The van der Waals surface area contributed by atoms with E-state index in [-0.39, 0.29) is 70.6 Å². The lowest BCUT2D eigenvalue weighted by molar-refractivity contribution is 0.434. The van der Waals surface area contributed by atoms with Crippen LogP contribution in [-0.4, -0.2) is 30.6 Å². The Labute approximate surface area is 207 Å².